The lowest BCUT2D eigenvalue weighted by Crippen LogP contribution is -2.25. The number of amides is 2. The minimum Gasteiger partial charge on any atom is -0.364 e. The second kappa shape index (κ2) is 8.36. The molecular formula is C19H19F3N6O3. The number of nitrogens with zero attached hydrogens (tertiary/aromatic N) is 4. The van der Waals surface area contributed by atoms with Crippen LogP contribution in [0.1, 0.15) is 59.0 Å². The summed E-state index contributed by atoms with van der Waals surface area (Å²) in [6, 6.07) is 1.63. The van der Waals surface area contributed by atoms with Crippen LogP contribution in [-0.2, 0) is 17.9 Å². The van der Waals surface area contributed by atoms with Crippen LogP contribution in [0.3, 0.4) is 0 Å². The molecule has 12 heteroatoms. The fourth-order valence-electron chi connectivity index (χ4n) is 3.01. The Bertz CT molecular complexity index is 1100. The molecule has 0 aliphatic heterocycles. The maximum absolute atomic E-state index is 12.4. The summed E-state index contributed by atoms with van der Waals surface area (Å²) in [5.74, 6) is -0.373. The Balaban J connectivity index is 1.32. The van der Waals surface area contributed by atoms with Gasteiger partial charge >= 0.3 is 6.18 Å². The molecule has 9 nitrogen and oxygen atoms in total. The quantitative estimate of drug-likeness (QED) is 0.561. The molecule has 0 spiro atoms. The van der Waals surface area contributed by atoms with Gasteiger partial charge in [-0.15, -0.1) is 0 Å². The summed E-state index contributed by atoms with van der Waals surface area (Å²) in [6.45, 7) is 0.157. The zero-order valence-corrected chi connectivity index (χ0v) is 16.3. The van der Waals surface area contributed by atoms with E-state index in [0.717, 1.165) is 12.8 Å². The Morgan fingerprint density at radius 2 is 1.90 bits per heavy atom. The number of hydrogen-bond acceptors (Lipinski definition) is 6. The van der Waals surface area contributed by atoms with Crippen molar-refractivity contribution >= 4 is 17.6 Å². The highest BCUT2D eigenvalue weighted by molar-refractivity contribution is 5.95. The number of carbonyl (C=O) groups is 2. The van der Waals surface area contributed by atoms with Crippen LogP contribution < -0.4 is 10.6 Å². The lowest BCUT2D eigenvalue weighted by Gasteiger charge is -2.07. The van der Waals surface area contributed by atoms with Gasteiger partial charge in [-0.05, 0) is 18.9 Å². The van der Waals surface area contributed by atoms with Gasteiger partial charge in [0.05, 0.1) is 36.6 Å². The van der Waals surface area contributed by atoms with Gasteiger partial charge in [-0.25, -0.2) is 9.97 Å². The van der Waals surface area contributed by atoms with Gasteiger partial charge < -0.3 is 15.2 Å². The first-order chi connectivity index (χ1) is 14.8. The van der Waals surface area contributed by atoms with Crippen LogP contribution in [0, 0.1) is 0 Å². The highest BCUT2D eigenvalue weighted by Gasteiger charge is 2.31. The first kappa shape index (κ1) is 20.8. The Hall–Kier alpha value is -3.44. The van der Waals surface area contributed by atoms with Crippen LogP contribution in [0.15, 0.2) is 29.2 Å². The summed E-state index contributed by atoms with van der Waals surface area (Å²) < 4.78 is 43.1. The van der Waals surface area contributed by atoms with E-state index < -0.39 is 24.9 Å². The highest BCUT2D eigenvalue weighted by Crippen LogP contribution is 2.40. The van der Waals surface area contributed by atoms with E-state index in [-0.39, 0.29) is 24.9 Å². The van der Waals surface area contributed by atoms with Crippen molar-refractivity contribution in [1.29, 1.82) is 0 Å². The number of carbonyl (C=O) groups excluding carboxylic acids is 2. The molecule has 3 aromatic rings. The predicted molar refractivity (Wildman–Crippen MR) is 99.8 cm³/mol. The van der Waals surface area contributed by atoms with Crippen molar-refractivity contribution in [3.63, 3.8) is 0 Å². The topological polar surface area (TPSA) is 114 Å². The van der Waals surface area contributed by atoms with Crippen molar-refractivity contribution in [2.24, 2.45) is 0 Å². The molecule has 1 saturated carbocycles. The predicted octanol–water partition coefficient (Wildman–Crippen LogP) is 2.48. The van der Waals surface area contributed by atoms with Gasteiger partial charge in [-0.1, -0.05) is 5.16 Å². The van der Waals surface area contributed by atoms with Gasteiger partial charge in [-0.2, -0.15) is 13.2 Å². The maximum atomic E-state index is 12.4. The van der Waals surface area contributed by atoms with E-state index >= 15 is 0 Å². The van der Waals surface area contributed by atoms with Gasteiger partial charge in [0.15, 0.2) is 0 Å². The molecule has 164 valence electrons. The smallest absolute Gasteiger partial charge is 0.364 e. The van der Waals surface area contributed by atoms with Gasteiger partial charge in [0.1, 0.15) is 11.8 Å². The second-order valence-corrected chi connectivity index (χ2v) is 7.32. The fraction of sp³-hybridized carbons (Fsp3) is 0.421. The van der Waals surface area contributed by atoms with Crippen LogP contribution in [0.5, 0.6) is 0 Å². The SMILES string of the molecule is O=C(CCC(F)(F)F)NCc1ccn2cc(CNC(=O)c3conc3C3CC3)nc2n1. The van der Waals surface area contributed by atoms with Crippen molar-refractivity contribution in [1.82, 2.24) is 30.2 Å². The minimum absolute atomic E-state index is 0.0104. The molecule has 1 aliphatic carbocycles. The average Bonchev–Trinajstić information content (AvgIpc) is 3.30. The van der Waals surface area contributed by atoms with Gasteiger partial charge in [0.25, 0.3) is 5.91 Å². The third kappa shape index (κ3) is 5.38. The second-order valence-electron chi connectivity index (χ2n) is 7.32. The maximum Gasteiger partial charge on any atom is 0.389 e. The van der Waals surface area contributed by atoms with Gasteiger partial charge in [0, 0.05) is 24.7 Å². The molecule has 0 saturated heterocycles. The summed E-state index contributed by atoms with van der Waals surface area (Å²) in [4.78, 5) is 32.5. The Morgan fingerprint density at radius 3 is 2.65 bits per heavy atom. The molecule has 0 atom stereocenters. The molecular weight excluding hydrogens is 417 g/mol. The average molecular weight is 436 g/mol. The standard InChI is InChI=1S/C19H19F3N6O3/c20-19(21,22)5-3-15(29)23-7-12-4-6-28-9-13(26-18(28)25-12)8-24-17(30)14-10-31-27-16(14)11-1-2-11/h4,6,9-11H,1-3,5,7-8H2,(H,23,29)(H,24,30). The molecule has 1 aliphatic rings. The normalized spacial score (nSPS) is 14.0. The van der Waals surface area contributed by atoms with Crippen molar-refractivity contribution in [2.45, 2.75) is 50.9 Å². The Kier molecular flexibility index (Phi) is 5.61. The molecule has 31 heavy (non-hydrogen) atoms. The first-order valence-corrected chi connectivity index (χ1v) is 9.68. The van der Waals surface area contributed by atoms with Gasteiger partial charge in [0.2, 0.25) is 11.7 Å². The molecule has 3 heterocycles. The number of hydrogen-bond donors (Lipinski definition) is 2. The molecule has 0 aromatic carbocycles. The molecule has 4 rings (SSSR count). The summed E-state index contributed by atoms with van der Waals surface area (Å²) in [7, 11) is 0. The van der Waals surface area contributed by atoms with Crippen molar-refractivity contribution in [3.05, 3.63) is 47.4 Å². The molecule has 2 amide bonds. The van der Waals surface area contributed by atoms with E-state index in [9.17, 15) is 22.8 Å². The summed E-state index contributed by atoms with van der Waals surface area (Å²) >= 11 is 0. The number of fused-ring (bicyclic) bond motifs is 1. The molecule has 3 aromatic heterocycles. The van der Waals surface area contributed by atoms with Crippen LogP contribution >= 0.6 is 0 Å². The molecule has 1 fully saturated rings. The zero-order chi connectivity index (χ0) is 22.0. The minimum atomic E-state index is -4.37. The molecule has 2 N–H and O–H groups in total. The third-order valence-electron chi connectivity index (χ3n) is 4.77. The highest BCUT2D eigenvalue weighted by atomic mass is 19.4. The van der Waals surface area contributed by atoms with Crippen LogP contribution in [-0.4, -0.2) is 37.5 Å². The number of imidazole rings is 1. The van der Waals surface area contributed by atoms with Crippen molar-refractivity contribution in [2.75, 3.05) is 0 Å². The van der Waals surface area contributed by atoms with Crippen LogP contribution in [0.4, 0.5) is 13.2 Å². The summed E-state index contributed by atoms with van der Waals surface area (Å²) in [5, 5.41) is 9.08. The third-order valence-corrected chi connectivity index (χ3v) is 4.77. The lowest BCUT2D eigenvalue weighted by atomic mass is 10.1. The van der Waals surface area contributed by atoms with E-state index in [0.29, 0.717) is 28.4 Å². The monoisotopic (exact) mass is 436 g/mol. The summed E-state index contributed by atoms with van der Waals surface area (Å²) in [5.41, 5.74) is 2.12. The first-order valence-electron chi connectivity index (χ1n) is 9.68. The van der Waals surface area contributed by atoms with E-state index in [1.165, 1.54) is 6.26 Å². The van der Waals surface area contributed by atoms with Gasteiger partial charge in [-0.3, -0.25) is 14.0 Å². The summed E-state index contributed by atoms with van der Waals surface area (Å²) in [6.07, 6.45) is 0.525. The Labute approximate surface area is 174 Å². The lowest BCUT2D eigenvalue weighted by molar-refractivity contribution is -0.144. The number of alkyl halides is 3. The van der Waals surface area contributed by atoms with E-state index in [1.54, 1.807) is 22.9 Å². The fourth-order valence-corrected chi connectivity index (χ4v) is 3.01. The number of rotatable bonds is 8. The molecule has 0 unspecified atom stereocenters. The largest absolute Gasteiger partial charge is 0.389 e. The van der Waals surface area contributed by atoms with E-state index in [1.807, 2.05) is 0 Å². The van der Waals surface area contributed by atoms with Crippen molar-refractivity contribution < 1.29 is 27.3 Å². The number of aromatic nitrogens is 4. The Morgan fingerprint density at radius 1 is 1.16 bits per heavy atom. The number of nitrogens with one attached hydrogen (secondary N) is 2. The molecule has 0 radical (unpaired) electrons. The number of halogens is 3. The van der Waals surface area contributed by atoms with Crippen molar-refractivity contribution in [3.8, 4) is 0 Å². The zero-order valence-electron chi connectivity index (χ0n) is 16.3. The van der Waals surface area contributed by atoms with Crippen LogP contribution in [0.2, 0.25) is 0 Å². The van der Waals surface area contributed by atoms with Crippen LogP contribution in [0.25, 0.3) is 5.78 Å². The molecule has 0 bridgehead atoms. The van der Waals surface area contributed by atoms with E-state index in [4.69, 9.17) is 4.52 Å². The van der Waals surface area contributed by atoms with E-state index in [2.05, 4.69) is 25.8 Å².